The van der Waals surface area contributed by atoms with E-state index >= 15 is 0 Å². The molecule has 3 nitrogen and oxygen atoms in total. The van der Waals surface area contributed by atoms with E-state index in [4.69, 9.17) is 4.74 Å². The minimum absolute atomic E-state index is 0.0346. The van der Waals surface area contributed by atoms with Gasteiger partial charge in [0.25, 0.3) is 5.91 Å². The lowest BCUT2D eigenvalue weighted by Crippen LogP contribution is -2.28. The van der Waals surface area contributed by atoms with E-state index in [1.54, 1.807) is 19.1 Å². The number of carbonyl (C=O) groups excluding carboxylic acids is 1. The van der Waals surface area contributed by atoms with E-state index in [1.807, 2.05) is 12.1 Å². The second-order valence-corrected chi connectivity index (χ2v) is 5.93. The minimum atomic E-state index is -0.258. The van der Waals surface area contributed by atoms with Gasteiger partial charge in [-0.3, -0.25) is 4.79 Å². The molecule has 0 radical (unpaired) electrons. The molecule has 0 spiro atoms. The Morgan fingerprint density at radius 3 is 2.83 bits per heavy atom. The van der Waals surface area contributed by atoms with Crippen LogP contribution < -0.4 is 10.1 Å². The van der Waals surface area contributed by atoms with E-state index in [-0.39, 0.29) is 18.3 Å². The SMILES string of the molecule is Cc1ccc(CNC(=O)COc2ccc3c(c2)CCC3)cc1F. The van der Waals surface area contributed by atoms with Crippen molar-refractivity contribution >= 4 is 5.91 Å². The molecule has 1 amide bonds. The molecule has 23 heavy (non-hydrogen) atoms. The van der Waals surface area contributed by atoms with Gasteiger partial charge in [-0.25, -0.2) is 4.39 Å². The highest BCUT2D eigenvalue weighted by molar-refractivity contribution is 5.77. The summed E-state index contributed by atoms with van der Waals surface area (Å²) in [4.78, 5) is 11.8. The number of fused-ring (bicyclic) bond motifs is 1. The molecule has 0 bridgehead atoms. The van der Waals surface area contributed by atoms with Gasteiger partial charge in [-0.15, -0.1) is 0 Å². The highest BCUT2D eigenvalue weighted by Gasteiger charge is 2.12. The van der Waals surface area contributed by atoms with E-state index in [9.17, 15) is 9.18 Å². The van der Waals surface area contributed by atoms with Crippen molar-refractivity contribution in [2.45, 2.75) is 32.7 Å². The number of benzene rings is 2. The van der Waals surface area contributed by atoms with Crippen molar-refractivity contribution in [3.8, 4) is 5.75 Å². The maximum atomic E-state index is 13.4. The third-order valence-corrected chi connectivity index (χ3v) is 4.17. The van der Waals surface area contributed by atoms with Crippen molar-refractivity contribution in [1.82, 2.24) is 5.32 Å². The van der Waals surface area contributed by atoms with Crippen LogP contribution in [-0.4, -0.2) is 12.5 Å². The Hall–Kier alpha value is -2.36. The van der Waals surface area contributed by atoms with Gasteiger partial charge in [-0.1, -0.05) is 18.2 Å². The van der Waals surface area contributed by atoms with Gasteiger partial charge in [-0.05, 0) is 66.6 Å². The van der Waals surface area contributed by atoms with Gasteiger partial charge in [0.2, 0.25) is 0 Å². The van der Waals surface area contributed by atoms with Crippen LogP contribution in [0.15, 0.2) is 36.4 Å². The Balaban J connectivity index is 1.48. The molecule has 2 aromatic rings. The number of aryl methyl sites for hydroxylation is 3. The van der Waals surface area contributed by atoms with Crippen molar-refractivity contribution in [2.75, 3.05) is 6.61 Å². The van der Waals surface area contributed by atoms with Gasteiger partial charge in [0, 0.05) is 6.54 Å². The Kier molecular flexibility index (Phi) is 4.60. The molecular formula is C19H20FNO2. The van der Waals surface area contributed by atoms with Crippen LogP contribution in [0.3, 0.4) is 0 Å². The van der Waals surface area contributed by atoms with Crippen molar-refractivity contribution in [3.63, 3.8) is 0 Å². The Bertz CT molecular complexity index is 727. The first-order valence-electron chi connectivity index (χ1n) is 7.88. The van der Waals surface area contributed by atoms with E-state index < -0.39 is 0 Å². The molecule has 2 aromatic carbocycles. The second-order valence-electron chi connectivity index (χ2n) is 5.93. The molecule has 0 atom stereocenters. The van der Waals surface area contributed by atoms with Crippen molar-refractivity contribution in [1.29, 1.82) is 0 Å². The minimum Gasteiger partial charge on any atom is -0.484 e. The number of ether oxygens (including phenoxy) is 1. The topological polar surface area (TPSA) is 38.3 Å². The molecule has 0 heterocycles. The van der Waals surface area contributed by atoms with Gasteiger partial charge in [0.15, 0.2) is 6.61 Å². The predicted octanol–water partition coefficient (Wildman–Crippen LogP) is 3.32. The number of carbonyl (C=O) groups is 1. The van der Waals surface area contributed by atoms with Crippen LogP contribution in [0.1, 0.15) is 28.7 Å². The average molecular weight is 313 g/mol. The molecule has 1 N–H and O–H groups in total. The van der Waals surface area contributed by atoms with Crippen LogP contribution in [0.4, 0.5) is 4.39 Å². The van der Waals surface area contributed by atoms with Crippen LogP contribution in [0.25, 0.3) is 0 Å². The monoisotopic (exact) mass is 313 g/mol. The summed E-state index contributed by atoms with van der Waals surface area (Å²) in [7, 11) is 0. The van der Waals surface area contributed by atoms with Crippen LogP contribution in [0.5, 0.6) is 5.75 Å². The fourth-order valence-corrected chi connectivity index (χ4v) is 2.78. The van der Waals surface area contributed by atoms with E-state index in [1.165, 1.54) is 23.6 Å². The summed E-state index contributed by atoms with van der Waals surface area (Å²) in [5.74, 6) is 0.250. The molecule has 0 saturated carbocycles. The standard InChI is InChI=1S/C19H20FNO2/c1-13-5-6-14(9-18(13)20)11-21-19(22)12-23-17-8-7-15-3-2-4-16(15)10-17/h5-10H,2-4,11-12H2,1H3,(H,21,22). The highest BCUT2D eigenvalue weighted by Crippen LogP contribution is 2.25. The zero-order chi connectivity index (χ0) is 16.2. The Labute approximate surface area is 135 Å². The van der Waals surface area contributed by atoms with Crippen molar-refractivity contribution in [2.24, 2.45) is 0 Å². The van der Waals surface area contributed by atoms with Gasteiger partial charge in [0.1, 0.15) is 11.6 Å². The summed E-state index contributed by atoms with van der Waals surface area (Å²) in [5.41, 5.74) is 4.03. The smallest absolute Gasteiger partial charge is 0.258 e. The van der Waals surface area contributed by atoms with Crippen molar-refractivity contribution < 1.29 is 13.9 Å². The zero-order valence-electron chi connectivity index (χ0n) is 13.2. The van der Waals surface area contributed by atoms with Gasteiger partial charge in [-0.2, -0.15) is 0 Å². The van der Waals surface area contributed by atoms with Crippen LogP contribution in [0.2, 0.25) is 0 Å². The summed E-state index contributed by atoms with van der Waals surface area (Å²) in [6, 6.07) is 11.0. The zero-order valence-corrected chi connectivity index (χ0v) is 13.2. The Morgan fingerprint density at radius 2 is 2.00 bits per heavy atom. The number of rotatable bonds is 5. The molecule has 3 rings (SSSR count). The third kappa shape index (κ3) is 3.89. The van der Waals surface area contributed by atoms with Crippen LogP contribution in [-0.2, 0) is 24.2 Å². The van der Waals surface area contributed by atoms with Gasteiger partial charge < -0.3 is 10.1 Å². The summed E-state index contributed by atoms with van der Waals surface area (Å²) < 4.78 is 19.0. The molecule has 0 aromatic heterocycles. The number of amides is 1. The lowest BCUT2D eigenvalue weighted by Gasteiger charge is -2.09. The largest absolute Gasteiger partial charge is 0.484 e. The molecule has 1 aliphatic rings. The average Bonchev–Trinajstić information content (AvgIpc) is 3.01. The maximum Gasteiger partial charge on any atom is 0.258 e. The molecule has 0 unspecified atom stereocenters. The normalized spacial score (nSPS) is 12.8. The number of hydrogen-bond acceptors (Lipinski definition) is 2. The van der Waals surface area contributed by atoms with E-state index in [0.29, 0.717) is 12.1 Å². The van der Waals surface area contributed by atoms with Crippen molar-refractivity contribution in [3.05, 3.63) is 64.5 Å². The fraction of sp³-hybridized carbons (Fsp3) is 0.316. The first-order valence-corrected chi connectivity index (χ1v) is 7.88. The molecule has 0 aliphatic heterocycles. The molecule has 1 aliphatic carbocycles. The number of nitrogens with one attached hydrogen (secondary N) is 1. The molecular weight excluding hydrogens is 293 g/mol. The fourth-order valence-electron chi connectivity index (χ4n) is 2.78. The van der Waals surface area contributed by atoms with Gasteiger partial charge in [0.05, 0.1) is 0 Å². The summed E-state index contributed by atoms with van der Waals surface area (Å²) in [5, 5.41) is 2.74. The molecule has 0 fully saturated rings. The maximum absolute atomic E-state index is 13.4. The first-order chi connectivity index (χ1) is 11.1. The second kappa shape index (κ2) is 6.82. The number of hydrogen-bond donors (Lipinski definition) is 1. The summed E-state index contributed by atoms with van der Waals surface area (Å²) in [6.45, 7) is 1.97. The highest BCUT2D eigenvalue weighted by atomic mass is 19.1. The molecule has 120 valence electrons. The summed E-state index contributed by atoms with van der Waals surface area (Å²) >= 11 is 0. The third-order valence-electron chi connectivity index (χ3n) is 4.17. The molecule has 4 heteroatoms. The van der Waals surface area contributed by atoms with Gasteiger partial charge >= 0.3 is 0 Å². The van der Waals surface area contributed by atoms with E-state index in [0.717, 1.165) is 24.2 Å². The van der Waals surface area contributed by atoms with Crippen LogP contribution >= 0.6 is 0 Å². The lowest BCUT2D eigenvalue weighted by molar-refractivity contribution is -0.123. The molecule has 0 saturated heterocycles. The number of halogens is 1. The summed E-state index contributed by atoms with van der Waals surface area (Å²) in [6.07, 6.45) is 3.40. The Morgan fingerprint density at radius 1 is 1.17 bits per heavy atom. The quantitative estimate of drug-likeness (QED) is 0.919. The van der Waals surface area contributed by atoms with E-state index in [2.05, 4.69) is 11.4 Å². The van der Waals surface area contributed by atoms with Crippen LogP contribution in [0, 0.1) is 12.7 Å². The first kappa shape index (κ1) is 15.5. The predicted molar refractivity (Wildman–Crippen MR) is 86.9 cm³/mol. The lowest BCUT2D eigenvalue weighted by atomic mass is 10.1.